The summed E-state index contributed by atoms with van der Waals surface area (Å²) in [6, 6.07) is -0.0684. The minimum atomic E-state index is -0.0743. The molecule has 0 aromatic rings. The van der Waals surface area contributed by atoms with Crippen molar-refractivity contribution >= 4 is 5.91 Å². The van der Waals surface area contributed by atoms with Crippen LogP contribution in [-0.4, -0.2) is 67.7 Å². The van der Waals surface area contributed by atoms with Crippen molar-refractivity contribution in [1.29, 1.82) is 0 Å². The van der Waals surface area contributed by atoms with Crippen LogP contribution < -0.4 is 5.73 Å². The molecule has 110 valence electrons. The van der Waals surface area contributed by atoms with Crippen molar-refractivity contribution in [2.24, 2.45) is 17.6 Å². The van der Waals surface area contributed by atoms with Crippen molar-refractivity contribution in [1.82, 2.24) is 9.80 Å². The topological polar surface area (TPSA) is 58.8 Å². The summed E-state index contributed by atoms with van der Waals surface area (Å²) in [6.45, 7) is 10.4. The molecule has 2 N–H and O–H groups in total. The van der Waals surface area contributed by atoms with Crippen LogP contribution in [-0.2, 0) is 9.53 Å². The fourth-order valence-corrected chi connectivity index (χ4v) is 2.76. The Morgan fingerprint density at radius 2 is 2.00 bits per heavy atom. The zero-order valence-corrected chi connectivity index (χ0v) is 12.2. The van der Waals surface area contributed by atoms with Gasteiger partial charge in [-0.1, -0.05) is 6.92 Å². The van der Waals surface area contributed by atoms with Crippen molar-refractivity contribution in [3.05, 3.63) is 0 Å². The largest absolute Gasteiger partial charge is 0.381 e. The third-order valence-corrected chi connectivity index (χ3v) is 4.40. The van der Waals surface area contributed by atoms with Crippen molar-refractivity contribution in [3.63, 3.8) is 0 Å². The molecule has 0 radical (unpaired) electrons. The maximum atomic E-state index is 12.2. The molecule has 0 bridgehead atoms. The van der Waals surface area contributed by atoms with Gasteiger partial charge in [0.1, 0.15) is 0 Å². The van der Waals surface area contributed by atoms with Crippen LogP contribution in [0.25, 0.3) is 0 Å². The van der Waals surface area contributed by atoms with Crippen LogP contribution >= 0.6 is 0 Å². The van der Waals surface area contributed by atoms with E-state index in [1.165, 1.54) is 6.42 Å². The van der Waals surface area contributed by atoms with Gasteiger partial charge in [-0.25, -0.2) is 0 Å². The highest BCUT2D eigenvalue weighted by molar-refractivity contribution is 5.79. The predicted octanol–water partition coefficient (Wildman–Crippen LogP) is 0.150. The van der Waals surface area contributed by atoms with Crippen molar-refractivity contribution in [3.8, 4) is 0 Å². The normalized spacial score (nSPS) is 28.4. The molecule has 3 atom stereocenters. The third-order valence-electron chi connectivity index (χ3n) is 4.40. The van der Waals surface area contributed by atoms with Crippen molar-refractivity contribution < 1.29 is 9.53 Å². The number of nitrogens with zero attached hydrogens (tertiary/aromatic N) is 2. The Morgan fingerprint density at radius 3 is 2.53 bits per heavy atom. The minimum absolute atomic E-state index is 0.0684. The lowest BCUT2D eigenvalue weighted by atomic mass is 10.0. The average Bonchev–Trinajstić information content (AvgIpc) is 2.90. The van der Waals surface area contributed by atoms with Gasteiger partial charge in [-0.3, -0.25) is 9.69 Å². The highest BCUT2D eigenvalue weighted by Crippen LogP contribution is 2.16. The first-order valence-electron chi connectivity index (χ1n) is 7.42. The van der Waals surface area contributed by atoms with E-state index in [0.29, 0.717) is 5.92 Å². The van der Waals surface area contributed by atoms with E-state index in [9.17, 15) is 4.79 Å². The van der Waals surface area contributed by atoms with Gasteiger partial charge in [-0.15, -0.1) is 0 Å². The van der Waals surface area contributed by atoms with Gasteiger partial charge in [0.15, 0.2) is 0 Å². The van der Waals surface area contributed by atoms with Crippen LogP contribution in [0.5, 0.6) is 0 Å². The Morgan fingerprint density at radius 1 is 1.32 bits per heavy atom. The number of hydrogen-bond acceptors (Lipinski definition) is 4. The molecular weight excluding hydrogens is 242 g/mol. The Balaban J connectivity index is 1.74. The number of rotatable bonds is 4. The van der Waals surface area contributed by atoms with Crippen LogP contribution in [0.1, 0.15) is 20.3 Å². The van der Waals surface area contributed by atoms with E-state index in [1.807, 2.05) is 18.7 Å². The van der Waals surface area contributed by atoms with Crippen molar-refractivity contribution in [2.45, 2.75) is 26.3 Å². The van der Waals surface area contributed by atoms with Crippen molar-refractivity contribution in [2.75, 3.05) is 45.9 Å². The van der Waals surface area contributed by atoms with Gasteiger partial charge in [-0.2, -0.15) is 0 Å². The number of piperazine rings is 1. The summed E-state index contributed by atoms with van der Waals surface area (Å²) in [5.74, 6) is 0.818. The quantitative estimate of drug-likeness (QED) is 0.789. The predicted molar refractivity (Wildman–Crippen MR) is 74.8 cm³/mol. The smallest absolute Gasteiger partial charge is 0.227 e. The molecular formula is C14H27N3O2. The maximum Gasteiger partial charge on any atom is 0.227 e. The SMILES string of the molecule is CC(N)C(C)C(=O)N1CCN(CC2CCOC2)CC1. The molecule has 2 rings (SSSR count). The molecule has 2 fully saturated rings. The summed E-state index contributed by atoms with van der Waals surface area (Å²) < 4.78 is 5.41. The number of amides is 1. The molecule has 5 nitrogen and oxygen atoms in total. The lowest BCUT2D eigenvalue weighted by Crippen LogP contribution is -2.52. The minimum Gasteiger partial charge on any atom is -0.381 e. The van der Waals surface area contributed by atoms with E-state index < -0.39 is 0 Å². The number of nitrogens with two attached hydrogens (primary N) is 1. The molecule has 0 aliphatic carbocycles. The van der Waals surface area contributed by atoms with Crippen LogP contribution in [0, 0.1) is 11.8 Å². The Kier molecular flexibility index (Phi) is 5.19. The molecule has 0 spiro atoms. The summed E-state index contributed by atoms with van der Waals surface area (Å²) in [4.78, 5) is 16.6. The molecule has 0 aromatic carbocycles. The first-order chi connectivity index (χ1) is 9.08. The standard InChI is InChI=1S/C14H27N3O2/c1-11(12(2)15)14(18)17-6-4-16(5-7-17)9-13-3-8-19-10-13/h11-13H,3-10,15H2,1-2H3. The van der Waals surface area contributed by atoms with Gasteiger partial charge in [0.2, 0.25) is 5.91 Å². The van der Waals surface area contributed by atoms with Crippen LogP contribution in [0.3, 0.4) is 0 Å². The molecule has 2 saturated heterocycles. The molecule has 2 aliphatic heterocycles. The van der Waals surface area contributed by atoms with Gasteiger partial charge >= 0.3 is 0 Å². The Labute approximate surface area is 116 Å². The van der Waals surface area contributed by atoms with Crippen LogP contribution in [0.4, 0.5) is 0 Å². The molecule has 0 saturated carbocycles. The lowest BCUT2D eigenvalue weighted by molar-refractivity contribution is -0.137. The monoisotopic (exact) mass is 269 g/mol. The van der Waals surface area contributed by atoms with E-state index in [0.717, 1.165) is 45.9 Å². The van der Waals surface area contributed by atoms with Gasteiger partial charge < -0.3 is 15.4 Å². The Bertz CT molecular complexity index is 295. The van der Waals surface area contributed by atoms with Gasteiger partial charge in [0, 0.05) is 45.4 Å². The van der Waals surface area contributed by atoms with Gasteiger partial charge in [-0.05, 0) is 19.3 Å². The fourth-order valence-electron chi connectivity index (χ4n) is 2.76. The summed E-state index contributed by atoms with van der Waals surface area (Å²) in [5, 5.41) is 0. The molecule has 1 amide bonds. The van der Waals surface area contributed by atoms with E-state index in [2.05, 4.69) is 4.90 Å². The van der Waals surface area contributed by atoms with Crippen LogP contribution in [0.15, 0.2) is 0 Å². The van der Waals surface area contributed by atoms with E-state index in [-0.39, 0.29) is 17.9 Å². The first-order valence-corrected chi connectivity index (χ1v) is 7.42. The number of hydrogen-bond donors (Lipinski definition) is 1. The zero-order valence-electron chi connectivity index (χ0n) is 12.2. The zero-order chi connectivity index (χ0) is 13.8. The molecule has 2 heterocycles. The molecule has 0 aromatic heterocycles. The highest BCUT2D eigenvalue weighted by atomic mass is 16.5. The van der Waals surface area contributed by atoms with E-state index in [1.54, 1.807) is 0 Å². The summed E-state index contributed by atoms with van der Waals surface area (Å²) in [6.07, 6.45) is 1.18. The van der Waals surface area contributed by atoms with Gasteiger partial charge in [0.25, 0.3) is 0 Å². The molecule has 3 unspecified atom stereocenters. The second-order valence-corrected chi connectivity index (χ2v) is 6.00. The molecule has 5 heteroatoms. The number of carbonyl (C=O) groups excluding carboxylic acids is 1. The maximum absolute atomic E-state index is 12.2. The summed E-state index contributed by atoms with van der Waals surface area (Å²) in [7, 11) is 0. The lowest BCUT2D eigenvalue weighted by Gasteiger charge is -2.37. The third kappa shape index (κ3) is 3.91. The first kappa shape index (κ1) is 14.8. The van der Waals surface area contributed by atoms with E-state index in [4.69, 9.17) is 10.5 Å². The highest BCUT2D eigenvalue weighted by Gasteiger charge is 2.28. The second kappa shape index (κ2) is 6.68. The van der Waals surface area contributed by atoms with Crippen LogP contribution in [0.2, 0.25) is 0 Å². The Hall–Kier alpha value is -0.650. The molecule has 2 aliphatic rings. The fraction of sp³-hybridized carbons (Fsp3) is 0.929. The number of carbonyl (C=O) groups is 1. The second-order valence-electron chi connectivity index (χ2n) is 6.00. The average molecular weight is 269 g/mol. The van der Waals surface area contributed by atoms with Gasteiger partial charge in [0.05, 0.1) is 12.5 Å². The van der Waals surface area contributed by atoms with E-state index >= 15 is 0 Å². The summed E-state index contributed by atoms with van der Waals surface area (Å²) in [5.41, 5.74) is 5.81. The number of ether oxygens (including phenoxy) is 1. The molecule has 19 heavy (non-hydrogen) atoms. The summed E-state index contributed by atoms with van der Waals surface area (Å²) >= 11 is 0.